The second-order valence-electron chi connectivity index (χ2n) is 5.70. The SMILES string of the molecule is Cc1nc(-c2ccc(F)cc2)c(CC(=O)N2CCOCC2C)s1. The molecule has 122 valence electrons. The molecule has 23 heavy (non-hydrogen) atoms. The van der Waals surface area contributed by atoms with Gasteiger partial charge in [0.05, 0.1) is 36.4 Å². The summed E-state index contributed by atoms with van der Waals surface area (Å²) in [6.45, 7) is 5.71. The zero-order valence-corrected chi connectivity index (χ0v) is 14.0. The second-order valence-corrected chi connectivity index (χ2v) is 6.99. The van der Waals surface area contributed by atoms with Crippen LogP contribution in [0.15, 0.2) is 24.3 Å². The van der Waals surface area contributed by atoms with E-state index in [1.807, 2.05) is 18.7 Å². The number of halogens is 1. The van der Waals surface area contributed by atoms with Crippen LogP contribution in [-0.2, 0) is 16.0 Å². The molecule has 1 unspecified atom stereocenters. The summed E-state index contributed by atoms with van der Waals surface area (Å²) in [5.41, 5.74) is 1.62. The average Bonchev–Trinajstić information content (AvgIpc) is 2.89. The van der Waals surface area contributed by atoms with E-state index < -0.39 is 0 Å². The van der Waals surface area contributed by atoms with Gasteiger partial charge >= 0.3 is 0 Å². The van der Waals surface area contributed by atoms with Crippen LogP contribution in [0, 0.1) is 12.7 Å². The van der Waals surface area contributed by atoms with Gasteiger partial charge in [0.2, 0.25) is 5.91 Å². The lowest BCUT2D eigenvalue weighted by Gasteiger charge is -2.33. The van der Waals surface area contributed by atoms with Crippen LogP contribution in [0.1, 0.15) is 16.8 Å². The summed E-state index contributed by atoms with van der Waals surface area (Å²) in [6.07, 6.45) is 0.322. The first kappa shape index (κ1) is 16.1. The molecule has 3 rings (SSSR count). The van der Waals surface area contributed by atoms with E-state index >= 15 is 0 Å². The van der Waals surface area contributed by atoms with Gasteiger partial charge in [-0.15, -0.1) is 11.3 Å². The van der Waals surface area contributed by atoms with Crippen LogP contribution in [-0.4, -0.2) is 41.6 Å². The molecule has 0 radical (unpaired) electrons. The fourth-order valence-electron chi connectivity index (χ4n) is 2.76. The Morgan fingerprint density at radius 3 is 2.87 bits per heavy atom. The van der Waals surface area contributed by atoms with Crippen LogP contribution in [0.2, 0.25) is 0 Å². The minimum absolute atomic E-state index is 0.0906. The van der Waals surface area contributed by atoms with Gasteiger partial charge in [0.1, 0.15) is 5.82 Å². The Balaban J connectivity index is 1.83. The van der Waals surface area contributed by atoms with Crippen molar-refractivity contribution in [2.24, 2.45) is 0 Å². The van der Waals surface area contributed by atoms with Crippen LogP contribution < -0.4 is 0 Å². The van der Waals surface area contributed by atoms with Gasteiger partial charge in [-0.25, -0.2) is 9.37 Å². The molecule has 0 spiro atoms. The Morgan fingerprint density at radius 2 is 2.17 bits per heavy atom. The number of hydrogen-bond acceptors (Lipinski definition) is 4. The molecule has 0 N–H and O–H groups in total. The second kappa shape index (κ2) is 6.76. The molecule has 1 fully saturated rings. The highest BCUT2D eigenvalue weighted by atomic mass is 32.1. The third kappa shape index (κ3) is 3.59. The van der Waals surface area contributed by atoms with Crippen molar-refractivity contribution in [1.29, 1.82) is 0 Å². The summed E-state index contributed by atoms with van der Waals surface area (Å²) in [6, 6.07) is 6.34. The topological polar surface area (TPSA) is 42.4 Å². The molecule has 2 heterocycles. The van der Waals surface area contributed by atoms with Crippen molar-refractivity contribution in [3.05, 3.63) is 40.0 Å². The van der Waals surface area contributed by atoms with E-state index in [1.165, 1.54) is 23.5 Å². The predicted octanol–water partition coefficient (Wildman–Crippen LogP) is 3.05. The molecular weight excluding hydrogens is 315 g/mol. The lowest BCUT2D eigenvalue weighted by Crippen LogP contribution is -2.47. The van der Waals surface area contributed by atoms with Crippen molar-refractivity contribution in [2.75, 3.05) is 19.8 Å². The smallest absolute Gasteiger partial charge is 0.228 e. The van der Waals surface area contributed by atoms with Crippen molar-refractivity contribution < 1.29 is 13.9 Å². The van der Waals surface area contributed by atoms with E-state index in [-0.39, 0.29) is 17.8 Å². The third-order valence-electron chi connectivity index (χ3n) is 3.92. The maximum atomic E-state index is 13.1. The fraction of sp³-hybridized carbons (Fsp3) is 0.412. The zero-order chi connectivity index (χ0) is 16.4. The number of thiazole rings is 1. The highest BCUT2D eigenvalue weighted by Crippen LogP contribution is 2.29. The van der Waals surface area contributed by atoms with Crippen LogP contribution in [0.4, 0.5) is 4.39 Å². The van der Waals surface area contributed by atoms with Crippen molar-refractivity contribution in [3.8, 4) is 11.3 Å². The lowest BCUT2D eigenvalue weighted by atomic mass is 10.1. The summed E-state index contributed by atoms with van der Waals surface area (Å²) < 4.78 is 18.5. The normalized spacial score (nSPS) is 18.2. The van der Waals surface area contributed by atoms with Gasteiger partial charge in [-0.3, -0.25) is 4.79 Å². The molecule has 1 aromatic carbocycles. The summed E-state index contributed by atoms with van der Waals surface area (Å²) in [4.78, 5) is 19.9. The number of aromatic nitrogens is 1. The maximum Gasteiger partial charge on any atom is 0.228 e. The minimum atomic E-state index is -0.277. The van der Waals surface area contributed by atoms with Crippen LogP contribution in [0.5, 0.6) is 0 Å². The number of carbonyl (C=O) groups excluding carboxylic acids is 1. The fourth-order valence-corrected chi connectivity index (χ4v) is 3.71. The first-order valence-corrected chi connectivity index (χ1v) is 8.45. The maximum absolute atomic E-state index is 13.1. The first-order valence-electron chi connectivity index (χ1n) is 7.64. The Bertz CT molecular complexity index is 699. The molecule has 1 saturated heterocycles. The van der Waals surface area contributed by atoms with E-state index in [2.05, 4.69) is 4.98 Å². The molecular formula is C17H19FN2O2S. The van der Waals surface area contributed by atoms with Crippen LogP contribution >= 0.6 is 11.3 Å². The Kier molecular flexibility index (Phi) is 4.73. The molecule has 1 aliphatic heterocycles. The van der Waals surface area contributed by atoms with Crippen molar-refractivity contribution >= 4 is 17.2 Å². The average molecular weight is 334 g/mol. The van der Waals surface area contributed by atoms with E-state index in [9.17, 15) is 9.18 Å². The van der Waals surface area contributed by atoms with Crippen molar-refractivity contribution in [3.63, 3.8) is 0 Å². The Hall–Kier alpha value is -1.79. The van der Waals surface area contributed by atoms with Crippen molar-refractivity contribution in [2.45, 2.75) is 26.3 Å². The third-order valence-corrected chi connectivity index (χ3v) is 4.89. The number of carbonyl (C=O) groups is 1. The number of amides is 1. The number of ether oxygens (including phenoxy) is 1. The molecule has 0 saturated carbocycles. The van der Waals surface area contributed by atoms with Gasteiger partial charge in [0.15, 0.2) is 0 Å². The van der Waals surface area contributed by atoms with Gasteiger partial charge in [-0.05, 0) is 38.1 Å². The quantitative estimate of drug-likeness (QED) is 0.866. The number of morpholine rings is 1. The molecule has 0 aliphatic carbocycles. The standard InChI is InChI=1S/C17H19FN2O2S/c1-11-10-22-8-7-20(11)16(21)9-15-17(19-12(2)23-15)13-3-5-14(18)6-4-13/h3-6,11H,7-10H2,1-2H3. The predicted molar refractivity (Wildman–Crippen MR) is 87.9 cm³/mol. The molecule has 1 aromatic heterocycles. The van der Waals surface area contributed by atoms with Crippen LogP contribution in [0.25, 0.3) is 11.3 Å². The molecule has 1 aliphatic rings. The van der Waals surface area contributed by atoms with Gasteiger partial charge < -0.3 is 9.64 Å². The van der Waals surface area contributed by atoms with E-state index in [0.29, 0.717) is 26.2 Å². The Morgan fingerprint density at radius 1 is 1.43 bits per heavy atom. The van der Waals surface area contributed by atoms with Gasteiger partial charge in [0.25, 0.3) is 0 Å². The van der Waals surface area contributed by atoms with Gasteiger partial charge in [-0.1, -0.05) is 0 Å². The molecule has 1 amide bonds. The highest BCUT2D eigenvalue weighted by Gasteiger charge is 2.25. The Labute approximate surface area is 138 Å². The minimum Gasteiger partial charge on any atom is -0.377 e. The highest BCUT2D eigenvalue weighted by molar-refractivity contribution is 7.12. The summed E-state index contributed by atoms with van der Waals surface area (Å²) in [5, 5.41) is 0.905. The van der Waals surface area contributed by atoms with E-state index in [1.54, 1.807) is 12.1 Å². The number of hydrogen-bond donors (Lipinski definition) is 0. The largest absolute Gasteiger partial charge is 0.377 e. The first-order chi connectivity index (χ1) is 11.0. The van der Waals surface area contributed by atoms with Crippen LogP contribution in [0.3, 0.4) is 0 Å². The molecule has 6 heteroatoms. The molecule has 4 nitrogen and oxygen atoms in total. The number of nitrogens with zero attached hydrogens (tertiary/aromatic N) is 2. The van der Waals surface area contributed by atoms with E-state index in [4.69, 9.17) is 4.74 Å². The number of rotatable bonds is 3. The molecule has 1 atom stereocenters. The van der Waals surface area contributed by atoms with Gasteiger partial charge in [0, 0.05) is 17.0 Å². The number of aryl methyl sites for hydroxylation is 1. The lowest BCUT2D eigenvalue weighted by molar-refractivity contribution is -0.138. The van der Waals surface area contributed by atoms with E-state index in [0.717, 1.165) is 21.1 Å². The van der Waals surface area contributed by atoms with Crippen molar-refractivity contribution in [1.82, 2.24) is 9.88 Å². The number of benzene rings is 1. The monoisotopic (exact) mass is 334 g/mol. The summed E-state index contributed by atoms with van der Waals surface area (Å²) >= 11 is 1.52. The summed E-state index contributed by atoms with van der Waals surface area (Å²) in [5.74, 6) is -0.187. The zero-order valence-electron chi connectivity index (χ0n) is 13.2. The molecule has 2 aromatic rings. The molecule has 0 bridgehead atoms. The van der Waals surface area contributed by atoms with Gasteiger partial charge in [-0.2, -0.15) is 0 Å². The summed E-state index contributed by atoms with van der Waals surface area (Å²) in [7, 11) is 0.